The molecule has 0 unspecified atom stereocenters. The van der Waals surface area contributed by atoms with Crippen molar-refractivity contribution >= 4 is 0 Å². The Morgan fingerprint density at radius 1 is 1.00 bits per heavy atom. The monoisotopic (exact) mass is 277 g/mol. The van der Waals surface area contributed by atoms with Crippen LogP contribution in [0.2, 0.25) is 0 Å². The summed E-state index contributed by atoms with van der Waals surface area (Å²) in [6.07, 6.45) is 7.78. The highest BCUT2D eigenvalue weighted by atomic mass is 16.5. The van der Waals surface area contributed by atoms with Crippen LogP contribution in [-0.4, -0.2) is 25.8 Å². The lowest BCUT2D eigenvalue weighted by Crippen LogP contribution is -2.34. The molecular formula is C17H27NO2. The van der Waals surface area contributed by atoms with Crippen LogP contribution in [0, 0.1) is 0 Å². The zero-order chi connectivity index (χ0) is 14.0. The van der Waals surface area contributed by atoms with E-state index in [-0.39, 0.29) is 0 Å². The molecule has 3 nitrogen and oxygen atoms in total. The second-order valence-corrected chi connectivity index (χ2v) is 5.43. The number of nitrogens with one attached hydrogen (secondary N) is 1. The van der Waals surface area contributed by atoms with E-state index >= 15 is 0 Å². The average Bonchev–Trinajstić information content (AvgIpc) is 2.51. The van der Waals surface area contributed by atoms with Gasteiger partial charge in [-0.15, -0.1) is 0 Å². The van der Waals surface area contributed by atoms with Crippen LogP contribution in [0.15, 0.2) is 24.3 Å². The predicted molar refractivity (Wildman–Crippen MR) is 82.6 cm³/mol. The van der Waals surface area contributed by atoms with Crippen LogP contribution in [0.4, 0.5) is 0 Å². The predicted octanol–water partition coefficient (Wildman–Crippen LogP) is 3.78. The molecule has 1 aliphatic carbocycles. The number of benzene rings is 1. The zero-order valence-electron chi connectivity index (χ0n) is 12.6. The lowest BCUT2D eigenvalue weighted by molar-refractivity contribution is 0.259. The topological polar surface area (TPSA) is 30.5 Å². The number of ether oxygens (including phenoxy) is 2. The molecule has 0 aliphatic heterocycles. The summed E-state index contributed by atoms with van der Waals surface area (Å²) in [5.41, 5.74) is 0. The standard InChI is InChI=1S/C17H27NO2/c1-2-13-19-16-10-6-7-11-17(16)20-14-12-18-15-8-4-3-5-9-15/h6-7,10-11,15,18H,2-5,8-9,12-14H2,1H3. The summed E-state index contributed by atoms with van der Waals surface area (Å²) < 4.78 is 11.5. The molecule has 0 saturated heterocycles. The minimum absolute atomic E-state index is 0.693. The van der Waals surface area contributed by atoms with Crippen LogP contribution >= 0.6 is 0 Å². The first-order valence-corrected chi connectivity index (χ1v) is 7.98. The molecule has 1 fully saturated rings. The highest BCUT2D eigenvalue weighted by molar-refractivity contribution is 5.39. The van der Waals surface area contributed by atoms with Gasteiger partial charge in [0.2, 0.25) is 0 Å². The molecule has 0 radical (unpaired) electrons. The van der Waals surface area contributed by atoms with Gasteiger partial charge >= 0.3 is 0 Å². The maximum absolute atomic E-state index is 5.84. The highest BCUT2D eigenvalue weighted by Gasteiger charge is 2.12. The Labute approximate surface area is 122 Å². The summed E-state index contributed by atoms with van der Waals surface area (Å²) in [5.74, 6) is 1.71. The fraction of sp³-hybridized carbons (Fsp3) is 0.647. The Bertz CT molecular complexity index is 375. The van der Waals surface area contributed by atoms with E-state index in [1.54, 1.807) is 0 Å². The van der Waals surface area contributed by atoms with Gasteiger partial charge in [-0.2, -0.15) is 0 Å². The normalized spacial score (nSPS) is 16.1. The zero-order valence-corrected chi connectivity index (χ0v) is 12.6. The van der Waals surface area contributed by atoms with Crippen molar-refractivity contribution < 1.29 is 9.47 Å². The van der Waals surface area contributed by atoms with Crippen molar-refractivity contribution in [2.45, 2.75) is 51.5 Å². The molecule has 0 spiro atoms. The van der Waals surface area contributed by atoms with Crippen LogP contribution in [0.3, 0.4) is 0 Å². The van der Waals surface area contributed by atoms with E-state index in [2.05, 4.69) is 12.2 Å². The number of hydrogen-bond donors (Lipinski definition) is 1. The highest BCUT2D eigenvalue weighted by Crippen LogP contribution is 2.26. The molecule has 0 aromatic heterocycles. The van der Waals surface area contributed by atoms with Gasteiger partial charge in [-0.05, 0) is 31.4 Å². The van der Waals surface area contributed by atoms with Crippen LogP contribution in [-0.2, 0) is 0 Å². The van der Waals surface area contributed by atoms with Gasteiger partial charge in [0, 0.05) is 12.6 Å². The van der Waals surface area contributed by atoms with Gasteiger partial charge in [-0.3, -0.25) is 0 Å². The Hall–Kier alpha value is -1.22. The van der Waals surface area contributed by atoms with Gasteiger partial charge in [0.05, 0.1) is 6.61 Å². The molecular weight excluding hydrogens is 250 g/mol. The molecule has 0 bridgehead atoms. The minimum Gasteiger partial charge on any atom is -0.490 e. The average molecular weight is 277 g/mol. The third-order valence-electron chi connectivity index (χ3n) is 3.71. The molecule has 2 rings (SSSR count). The molecule has 1 saturated carbocycles. The van der Waals surface area contributed by atoms with Crippen LogP contribution in [0.5, 0.6) is 11.5 Å². The van der Waals surface area contributed by atoms with Crippen LogP contribution in [0.25, 0.3) is 0 Å². The van der Waals surface area contributed by atoms with Crippen molar-refractivity contribution in [2.75, 3.05) is 19.8 Å². The van der Waals surface area contributed by atoms with E-state index in [4.69, 9.17) is 9.47 Å². The maximum Gasteiger partial charge on any atom is 0.161 e. The van der Waals surface area contributed by atoms with E-state index in [0.717, 1.165) is 31.1 Å². The van der Waals surface area contributed by atoms with E-state index in [0.29, 0.717) is 12.6 Å². The molecule has 0 amide bonds. The number of para-hydroxylation sites is 2. The van der Waals surface area contributed by atoms with Crippen molar-refractivity contribution in [1.29, 1.82) is 0 Å². The number of hydrogen-bond acceptors (Lipinski definition) is 3. The van der Waals surface area contributed by atoms with Crippen molar-refractivity contribution in [2.24, 2.45) is 0 Å². The Kier molecular flexibility index (Phi) is 6.72. The van der Waals surface area contributed by atoms with Crippen molar-refractivity contribution in [3.8, 4) is 11.5 Å². The molecule has 1 N–H and O–H groups in total. The summed E-state index contributed by atoms with van der Waals surface area (Å²) in [5, 5.41) is 3.59. The third kappa shape index (κ3) is 5.04. The van der Waals surface area contributed by atoms with Crippen LogP contribution < -0.4 is 14.8 Å². The SMILES string of the molecule is CCCOc1ccccc1OCCNC1CCCCC1. The lowest BCUT2D eigenvalue weighted by atomic mass is 9.96. The second-order valence-electron chi connectivity index (χ2n) is 5.43. The molecule has 0 heterocycles. The van der Waals surface area contributed by atoms with Gasteiger partial charge < -0.3 is 14.8 Å². The first kappa shape index (κ1) is 15.2. The van der Waals surface area contributed by atoms with Gasteiger partial charge in [0.25, 0.3) is 0 Å². The smallest absolute Gasteiger partial charge is 0.161 e. The van der Waals surface area contributed by atoms with Gasteiger partial charge in [0.15, 0.2) is 11.5 Å². The Morgan fingerprint density at radius 2 is 1.65 bits per heavy atom. The minimum atomic E-state index is 0.693. The molecule has 1 aliphatic rings. The maximum atomic E-state index is 5.84. The first-order chi connectivity index (χ1) is 9.90. The second kappa shape index (κ2) is 8.85. The first-order valence-electron chi connectivity index (χ1n) is 7.98. The van der Waals surface area contributed by atoms with Gasteiger partial charge in [0.1, 0.15) is 6.61 Å². The molecule has 3 heteroatoms. The molecule has 1 aromatic rings. The largest absolute Gasteiger partial charge is 0.490 e. The lowest BCUT2D eigenvalue weighted by Gasteiger charge is -2.23. The van der Waals surface area contributed by atoms with Gasteiger partial charge in [-0.25, -0.2) is 0 Å². The van der Waals surface area contributed by atoms with E-state index in [1.807, 2.05) is 24.3 Å². The van der Waals surface area contributed by atoms with Gasteiger partial charge in [-0.1, -0.05) is 38.3 Å². The quantitative estimate of drug-likeness (QED) is 0.734. The third-order valence-corrected chi connectivity index (χ3v) is 3.71. The summed E-state index contributed by atoms with van der Waals surface area (Å²) in [6.45, 7) is 4.45. The Morgan fingerprint density at radius 3 is 2.30 bits per heavy atom. The summed E-state index contributed by atoms with van der Waals surface area (Å²) >= 11 is 0. The van der Waals surface area contributed by atoms with E-state index < -0.39 is 0 Å². The van der Waals surface area contributed by atoms with E-state index in [1.165, 1.54) is 32.1 Å². The molecule has 20 heavy (non-hydrogen) atoms. The summed E-state index contributed by atoms with van der Waals surface area (Å²) in [7, 11) is 0. The summed E-state index contributed by atoms with van der Waals surface area (Å²) in [6, 6.07) is 8.62. The molecule has 112 valence electrons. The molecule has 1 aromatic carbocycles. The van der Waals surface area contributed by atoms with E-state index in [9.17, 15) is 0 Å². The van der Waals surface area contributed by atoms with Crippen molar-refractivity contribution in [1.82, 2.24) is 5.32 Å². The van der Waals surface area contributed by atoms with Crippen molar-refractivity contribution in [3.05, 3.63) is 24.3 Å². The fourth-order valence-electron chi connectivity index (χ4n) is 2.63. The fourth-order valence-corrected chi connectivity index (χ4v) is 2.63. The van der Waals surface area contributed by atoms with Crippen LogP contribution in [0.1, 0.15) is 45.4 Å². The molecule has 0 atom stereocenters. The number of rotatable bonds is 8. The van der Waals surface area contributed by atoms with Crippen molar-refractivity contribution in [3.63, 3.8) is 0 Å². The Balaban J connectivity index is 1.70. The summed E-state index contributed by atoms with van der Waals surface area (Å²) in [4.78, 5) is 0.